The van der Waals surface area contributed by atoms with Gasteiger partial charge in [-0.05, 0) is 60.8 Å². The zero-order chi connectivity index (χ0) is 13.4. The maximum Gasteiger partial charge on any atom is 0.257 e. The van der Waals surface area contributed by atoms with Crippen LogP contribution in [0.5, 0.6) is 0 Å². The number of hydrogen-bond acceptors (Lipinski definition) is 5. The SMILES string of the molecule is C[C@@H](C1CC1)N(C)Cc1nnc(-c2ccc(Br)s2)o1. The van der Waals surface area contributed by atoms with Gasteiger partial charge in [-0.25, -0.2) is 0 Å². The summed E-state index contributed by atoms with van der Waals surface area (Å²) >= 11 is 5.04. The Kier molecular flexibility index (Phi) is 3.73. The fourth-order valence-corrected chi connectivity index (χ4v) is 3.45. The van der Waals surface area contributed by atoms with Crippen LogP contribution < -0.4 is 0 Å². The highest BCUT2D eigenvalue weighted by Crippen LogP contribution is 2.35. The summed E-state index contributed by atoms with van der Waals surface area (Å²) in [5.74, 6) is 2.15. The average molecular weight is 342 g/mol. The van der Waals surface area contributed by atoms with Crippen LogP contribution in [0, 0.1) is 5.92 Å². The molecule has 0 spiro atoms. The molecule has 2 aromatic rings. The molecule has 4 nitrogen and oxygen atoms in total. The van der Waals surface area contributed by atoms with Crippen molar-refractivity contribution < 1.29 is 4.42 Å². The monoisotopic (exact) mass is 341 g/mol. The summed E-state index contributed by atoms with van der Waals surface area (Å²) in [5, 5.41) is 8.26. The van der Waals surface area contributed by atoms with Gasteiger partial charge in [0.1, 0.15) is 0 Å². The van der Waals surface area contributed by atoms with Crippen LogP contribution >= 0.6 is 27.3 Å². The number of rotatable bonds is 5. The Morgan fingerprint density at radius 1 is 1.47 bits per heavy atom. The lowest BCUT2D eigenvalue weighted by Gasteiger charge is -2.22. The molecule has 0 saturated heterocycles. The fraction of sp³-hybridized carbons (Fsp3) is 0.538. The van der Waals surface area contributed by atoms with E-state index in [9.17, 15) is 0 Å². The second kappa shape index (κ2) is 5.34. The number of nitrogens with zero attached hydrogens (tertiary/aromatic N) is 3. The van der Waals surface area contributed by atoms with Crippen LogP contribution in [0.2, 0.25) is 0 Å². The number of hydrogen-bond donors (Lipinski definition) is 0. The van der Waals surface area contributed by atoms with Crippen LogP contribution in [0.25, 0.3) is 10.8 Å². The maximum absolute atomic E-state index is 5.73. The highest BCUT2D eigenvalue weighted by atomic mass is 79.9. The minimum atomic E-state index is 0.589. The Balaban J connectivity index is 1.67. The molecule has 2 aromatic heterocycles. The minimum Gasteiger partial charge on any atom is -0.419 e. The van der Waals surface area contributed by atoms with Crippen LogP contribution in [-0.4, -0.2) is 28.2 Å². The van der Waals surface area contributed by atoms with E-state index in [2.05, 4.69) is 45.0 Å². The molecule has 19 heavy (non-hydrogen) atoms. The molecular formula is C13H16BrN3OS. The Labute approximate surface area is 125 Å². The first-order valence-electron chi connectivity index (χ1n) is 6.42. The van der Waals surface area contributed by atoms with Gasteiger partial charge in [-0.15, -0.1) is 21.5 Å². The number of aromatic nitrogens is 2. The first kappa shape index (κ1) is 13.3. The van der Waals surface area contributed by atoms with E-state index in [0.717, 1.165) is 21.1 Å². The molecule has 102 valence electrons. The van der Waals surface area contributed by atoms with Crippen molar-refractivity contribution in [3.8, 4) is 10.8 Å². The van der Waals surface area contributed by atoms with Crippen molar-refractivity contribution in [3.05, 3.63) is 21.8 Å². The molecule has 0 aromatic carbocycles. The Bertz CT molecular complexity index is 564. The summed E-state index contributed by atoms with van der Waals surface area (Å²) in [7, 11) is 2.12. The lowest BCUT2D eigenvalue weighted by Crippen LogP contribution is -2.30. The molecule has 0 amide bonds. The Morgan fingerprint density at radius 2 is 2.26 bits per heavy atom. The average Bonchev–Trinajstić information content (AvgIpc) is 2.99. The second-order valence-corrected chi connectivity index (χ2v) is 7.56. The summed E-state index contributed by atoms with van der Waals surface area (Å²) in [6.07, 6.45) is 2.70. The Morgan fingerprint density at radius 3 is 2.89 bits per heavy atom. The van der Waals surface area contributed by atoms with Crippen LogP contribution in [-0.2, 0) is 6.54 Å². The Hall–Kier alpha value is -0.720. The van der Waals surface area contributed by atoms with E-state index in [1.807, 2.05) is 12.1 Å². The van der Waals surface area contributed by atoms with Crippen molar-refractivity contribution in [1.29, 1.82) is 0 Å². The zero-order valence-electron chi connectivity index (χ0n) is 11.0. The second-order valence-electron chi connectivity index (χ2n) is 5.10. The zero-order valence-corrected chi connectivity index (χ0v) is 13.4. The molecule has 6 heteroatoms. The molecule has 0 bridgehead atoms. The molecule has 1 saturated carbocycles. The molecule has 2 heterocycles. The number of halogens is 1. The molecule has 0 radical (unpaired) electrons. The third-order valence-corrected chi connectivity index (χ3v) is 5.25. The van der Waals surface area contributed by atoms with Gasteiger partial charge < -0.3 is 4.42 Å². The summed E-state index contributed by atoms with van der Waals surface area (Å²) in [6.45, 7) is 2.99. The van der Waals surface area contributed by atoms with Crippen molar-refractivity contribution in [2.75, 3.05) is 7.05 Å². The van der Waals surface area contributed by atoms with Crippen LogP contribution in [0.3, 0.4) is 0 Å². The van der Waals surface area contributed by atoms with Crippen molar-refractivity contribution in [3.63, 3.8) is 0 Å². The largest absolute Gasteiger partial charge is 0.419 e. The molecular weight excluding hydrogens is 326 g/mol. The lowest BCUT2D eigenvalue weighted by atomic mass is 10.2. The molecule has 1 aliphatic rings. The lowest BCUT2D eigenvalue weighted by molar-refractivity contribution is 0.206. The summed E-state index contributed by atoms with van der Waals surface area (Å²) < 4.78 is 6.80. The van der Waals surface area contributed by atoms with E-state index in [1.165, 1.54) is 12.8 Å². The van der Waals surface area contributed by atoms with Crippen molar-refractivity contribution in [2.45, 2.75) is 32.4 Å². The predicted octanol–water partition coefficient (Wildman–Crippen LogP) is 3.79. The highest BCUT2D eigenvalue weighted by Gasteiger charge is 2.30. The van der Waals surface area contributed by atoms with E-state index in [0.29, 0.717) is 17.8 Å². The van der Waals surface area contributed by atoms with E-state index < -0.39 is 0 Å². The smallest absolute Gasteiger partial charge is 0.257 e. The molecule has 1 fully saturated rings. The van der Waals surface area contributed by atoms with Gasteiger partial charge >= 0.3 is 0 Å². The topological polar surface area (TPSA) is 42.2 Å². The van der Waals surface area contributed by atoms with Crippen LogP contribution in [0.15, 0.2) is 20.3 Å². The summed E-state index contributed by atoms with van der Waals surface area (Å²) in [6, 6.07) is 4.57. The highest BCUT2D eigenvalue weighted by molar-refractivity contribution is 9.11. The fourth-order valence-electron chi connectivity index (χ4n) is 2.14. The van der Waals surface area contributed by atoms with Gasteiger partial charge in [0.15, 0.2) is 0 Å². The first-order valence-corrected chi connectivity index (χ1v) is 8.03. The third-order valence-electron chi connectivity index (χ3n) is 3.63. The molecule has 1 atom stereocenters. The van der Waals surface area contributed by atoms with Gasteiger partial charge in [0, 0.05) is 6.04 Å². The summed E-state index contributed by atoms with van der Waals surface area (Å²) in [5.41, 5.74) is 0. The van der Waals surface area contributed by atoms with Gasteiger partial charge in [0.25, 0.3) is 5.89 Å². The van der Waals surface area contributed by atoms with Crippen LogP contribution in [0.4, 0.5) is 0 Å². The maximum atomic E-state index is 5.73. The van der Waals surface area contributed by atoms with E-state index in [-0.39, 0.29) is 0 Å². The number of thiophene rings is 1. The molecule has 1 aliphatic carbocycles. The normalized spacial score (nSPS) is 17.1. The van der Waals surface area contributed by atoms with Gasteiger partial charge in [-0.1, -0.05) is 0 Å². The van der Waals surface area contributed by atoms with Crippen molar-refractivity contribution >= 4 is 27.3 Å². The molecule has 0 N–H and O–H groups in total. The molecule has 0 unspecified atom stereocenters. The van der Waals surface area contributed by atoms with E-state index in [4.69, 9.17) is 4.42 Å². The van der Waals surface area contributed by atoms with Gasteiger partial charge in [-0.2, -0.15) is 0 Å². The molecule has 0 aliphatic heterocycles. The van der Waals surface area contributed by atoms with Crippen LogP contribution in [0.1, 0.15) is 25.7 Å². The third kappa shape index (κ3) is 3.07. The van der Waals surface area contributed by atoms with Gasteiger partial charge in [0.2, 0.25) is 5.89 Å². The standard InChI is InChI=1S/C13H16BrN3OS/c1-8(9-3-4-9)17(2)7-12-15-16-13(18-12)10-5-6-11(14)19-10/h5-6,8-9H,3-4,7H2,1-2H3/t8-/m0/s1. The van der Waals surface area contributed by atoms with Crippen molar-refractivity contribution in [1.82, 2.24) is 15.1 Å². The van der Waals surface area contributed by atoms with Crippen molar-refractivity contribution in [2.24, 2.45) is 5.92 Å². The molecule has 3 rings (SSSR count). The predicted molar refractivity (Wildman–Crippen MR) is 79.0 cm³/mol. The van der Waals surface area contributed by atoms with Gasteiger partial charge in [0.05, 0.1) is 15.2 Å². The van der Waals surface area contributed by atoms with Gasteiger partial charge in [-0.3, -0.25) is 4.90 Å². The summed E-state index contributed by atoms with van der Waals surface area (Å²) in [4.78, 5) is 3.29. The quantitative estimate of drug-likeness (QED) is 0.829. The first-order chi connectivity index (χ1) is 9.13. The van der Waals surface area contributed by atoms with E-state index in [1.54, 1.807) is 11.3 Å². The minimum absolute atomic E-state index is 0.589. The van der Waals surface area contributed by atoms with E-state index >= 15 is 0 Å².